The van der Waals surface area contributed by atoms with Crippen molar-refractivity contribution in [3.05, 3.63) is 35.4 Å². The molecule has 1 aromatic carbocycles. The average Bonchev–Trinajstić information content (AvgIpc) is 2.42. The summed E-state index contributed by atoms with van der Waals surface area (Å²) >= 11 is 0. The molecule has 0 radical (unpaired) electrons. The molecule has 0 aliphatic heterocycles. The standard InChI is InChI=1S/C13H18F3NO2S/c1-2-20(19)8-7-17-9-12(18)10-3-5-11(6-4-10)13(14,15)16/h3-6,12,17-18H,2,7-9H2,1H3. The number of benzene rings is 1. The van der Waals surface area contributed by atoms with Gasteiger partial charge in [0.15, 0.2) is 0 Å². The zero-order valence-corrected chi connectivity index (χ0v) is 11.9. The highest BCUT2D eigenvalue weighted by Gasteiger charge is 2.30. The Morgan fingerprint density at radius 3 is 2.40 bits per heavy atom. The van der Waals surface area contributed by atoms with Crippen LogP contribution >= 0.6 is 0 Å². The van der Waals surface area contributed by atoms with E-state index in [9.17, 15) is 22.5 Å². The second kappa shape index (κ2) is 7.75. The summed E-state index contributed by atoms with van der Waals surface area (Å²) in [4.78, 5) is 0. The summed E-state index contributed by atoms with van der Waals surface area (Å²) in [6, 6.07) is 4.42. The lowest BCUT2D eigenvalue weighted by Gasteiger charge is -2.13. The third-order valence-corrected chi connectivity index (χ3v) is 4.09. The first kappa shape index (κ1) is 17.1. The summed E-state index contributed by atoms with van der Waals surface area (Å²) in [5.74, 6) is 1.08. The van der Waals surface area contributed by atoms with Gasteiger partial charge in [-0.3, -0.25) is 4.21 Å². The number of hydrogen-bond acceptors (Lipinski definition) is 3. The first-order chi connectivity index (χ1) is 9.34. The fourth-order valence-electron chi connectivity index (χ4n) is 1.58. The van der Waals surface area contributed by atoms with Crippen LogP contribution in [0.3, 0.4) is 0 Å². The predicted molar refractivity (Wildman–Crippen MR) is 72.8 cm³/mol. The Hall–Kier alpha value is -0.920. The van der Waals surface area contributed by atoms with Gasteiger partial charge in [0.05, 0.1) is 11.7 Å². The van der Waals surface area contributed by atoms with E-state index < -0.39 is 28.6 Å². The minimum atomic E-state index is -4.37. The highest BCUT2D eigenvalue weighted by molar-refractivity contribution is 7.84. The van der Waals surface area contributed by atoms with Crippen LogP contribution in [0.2, 0.25) is 0 Å². The minimum Gasteiger partial charge on any atom is -0.387 e. The van der Waals surface area contributed by atoms with Crippen LogP contribution in [0.25, 0.3) is 0 Å². The van der Waals surface area contributed by atoms with Crippen molar-refractivity contribution < 1.29 is 22.5 Å². The maximum atomic E-state index is 12.4. The Morgan fingerprint density at radius 1 is 1.30 bits per heavy atom. The van der Waals surface area contributed by atoms with Crippen LogP contribution in [-0.4, -0.2) is 33.9 Å². The molecular formula is C13H18F3NO2S. The number of hydrogen-bond donors (Lipinski definition) is 2. The van der Waals surface area contributed by atoms with E-state index in [0.717, 1.165) is 12.1 Å². The monoisotopic (exact) mass is 309 g/mol. The van der Waals surface area contributed by atoms with E-state index in [4.69, 9.17) is 0 Å². The summed E-state index contributed by atoms with van der Waals surface area (Å²) in [6.07, 6.45) is -5.25. The van der Waals surface area contributed by atoms with Gasteiger partial charge < -0.3 is 10.4 Å². The van der Waals surface area contributed by atoms with Crippen LogP contribution in [0.5, 0.6) is 0 Å². The molecule has 7 heteroatoms. The lowest BCUT2D eigenvalue weighted by molar-refractivity contribution is -0.137. The van der Waals surface area contributed by atoms with E-state index in [-0.39, 0.29) is 6.54 Å². The second-order valence-electron chi connectivity index (χ2n) is 4.27. The average molecular weight is 309 g/mol. The Balaban J connectivity index is 2.44. The molecule has 0 aliphatic carbocycles. The van der Waals surface area contributed by atoms with Crippen molar-refractivity contribution in [3.8, 4) is 0 Å². The smallest absolute Gasteiger partial charge is 0.387 e. The number of halogens is 3. The Kier molecular flexibility index (Phi) is 6.64. The third kappa shape index (κ3) is 5.60. The molecule has 0 fully saturated rings. The van der Waals surface area contributed by atoms with Gasteiger partial charge in [-0.15, -0.1) is 0 Å². The molecule has 0 aromatic heterocycles. The van der Waals surface area contributed by atoms with Crippen LogP contribution in [-0.2, 0) is 17.0 Å². The lowest BCUT2D eigenvalue weighted by atomic mass is 10.1. The summed E-state index contributed by atoms with van der Waals surface area (Å²) in [5, 5.41) is 12.7. The number of aliphatic hydroxyl groups is 1. The van der Waals surface area contributed by atoms with E-state index >= 15 is 0 Å². The maximum absolute atomic E-state index is 12.4. The molecule has 3 nitrogen and oxygen atoms in total. The molecule has 1 aromatic rings. The Bertz CT molecular complexity index is 434. The predicted octanol–water partition coefficient (Wildman–Crippen LogP) is 2.10. The van der Waals surface area contributed by atoms with E-state index in [2.05, 4.69) is 5.32 Å². The SMILES string of the molecule is CCS(=O)CCNCC(O)c1ccc(C(F)(F)F)cc1. The second-order valence-corrected chi connectivity index (χ2v) is 6.14. The van der Waals surface area contributed by atoms with Gasteiger partial charge >= 0.3 is 6.18 Å². The molecule has 0 aliphatic rings. The summed E-state index contributed by atoms with van der Waals surface area (Å²) in [7, 11) is -0.868. The van der Waals surface area contributed by atoms with Gasteiger partial charge in [0, 0.05) is 35.4 Å². The molecule has 1 rings (SSSR count). The van der Waals surface area contributed by atoms with Crippen molar-refractivity contribution in [1.82, 2.24) is 5.32 Å². The Labute approximate surface area is 118 Å². The topological polar surface area (TPSA) is 49.3 Å². The lowest BCUT2D eigenvalue weighted by Crippen LogP contribution is -2.26. The molecule has 2 atom stereocenters. The van der Waals surface area contributed by atoms with Gasteiger partial charge in [-0.2, -0.15) is 13.2 Å². The number of rotatable bonds is 7. The molecule has 0 heterocycles. The first-order valence-corrected chi connectivity index (χ1v) is 7.74. The molecule has 0 amide bonds. The summed E-state index contributed by atoms with van der Waals surface area (Å²) in [6.45, 7) is 2.54. The van der Waals surface area contributed by atoms with Gasteiger partial charge in [0.1, 0.15) is 0 Å². The summed E-state index contributed by atoms with van der Waals surface area (Å²) < 4.78 is 48.3. The van der Waals surface area contributed by atoms with Crippen LogP contribution in [0, 0.1) is 0 Å². The van der Waals surface area contributed by atoms with E-state index in [1.165, 1.54) is 12.1 Å². The molecule has 0 bridgehead atoms. The molecule has 0 spiro atoms. The normalized spacial score (nSPS) is 15.1. The van der Waals surface area contributed by atoms with Crippen molar-refractivity contribution in [2.75, 3.05) is 24.6 Å². The fourth-order valence-corrected chi connectivity index (χ4v) is 2.24. The van der Waals surface area contributed by atoms with E-state index in [0.29, 0.717) is 23.6 Å². The highest BCUT2D eigenvalue weighted by Crippen LogP contribution is 2.29. The largest absolute Gasteiger partial charge is 0.416 e. The van der Waals surface area contributed by atoms with Crippen molar-refractivity contribution in [1.29, 1.82) is 0 Å². The van der Waals surface area contributed by atoms with Crippen molar-refractivity contribution in [2.45, 2.75) is 19.2 Å². The van der Waals surface area contributed by atoms with Crippen LogP contribution in [0.4, 0.5) is 13.2 Å². The van der Waals surface area contributed by atoms with Crippen LogP contribution in [0.1, 0.15) is 24.2 Å². The molecule has 0 saturated carbocycles. The molecule has 0 saturated heterocycles. The minimum absolute atomic E-state index is 0.215. The highest BCUT2D eigenvalue weighted by atomic mass is 32.2. The maximum Gasteiger partial charge on any atom is 0.416 e. The van der Waals surface area contributed by atoms with Crippen molar-refractivity contribution in [3.63, 3.8) is 0 Å². The quantitative estimate of drug-likeness (QED) is 0.758. The molecule has 2 N–H and O–H groups in total. The first-order valence-electron chi connectivity index (χ1n) is 6.25. The van der Waals surface area contributed by atoms with Gasteiger partial charge in [0.2, 0.25) is 0 Å². The van der Waals surface area contributed by atoms with Crippen molar-refractivity contribution >= 4 is 10.8 Å². The van der Waals surface area contributed by atoms with Gasteiger partial charge in [-0.1, -0.05) is 19.1 Å². The fraction of sp³-hybridized carbons (Fsp3) is 0.538. The number of aliphatic hydroxyl groups excluding tert-OH is 1. The number of alkyl halides is 3. The molecule has 20 heavy (non-hydrogen) atoms. The third-order valence-electron chi connectivity index (χ3n) is 2.79. The number of nitrogens with one attached hydrogen (secondary N) is 1. The molecule has 114 valence electrons. The van der Waals surface area contributed by atoms with E-state index in [1.54, 1.807) is 0 Å². The Morgan fingerprint density at radius 2 is 1.90 bits per heavy atom. The van der Waals surface area contributed by atoms with Gasteiger partial charge in [-0.25, -0.2) is 0 Å². The zero-order chi connectivity index (χ0) is 15.2. The van der Waals surface area contributed by atoms with E-state index in [1.807, 2.05) is 6.92 Å². The van der Waals surface area contributed by atoms with Crippen molar-refractivity contribution in [2.24, 2.45) is 0 Å². The van der Waals surface area contributed by atoms with Crippen LogP contribution in [0.15, 0.2) is 24.3 Å². The van der Waals surface area contributed by atoms with Crippen LogP contribution < -0.4 is 5.32 Å². The molecular weight excluding hydrogens is 291 g/mol. The van der Waals surface area contributed by atoms with Gasteiger partial charge in [0.25, 0.3) is 0 Å². The van der Waals surface area contributed by atoms with Gasteiger partial charge in [-0.05, 0) is 17.7 Å². The summed E-state index contributed by atoms with van der Waals surface area (Å²) in [5.41, 5.74) is -0.318. The molecule has 2 unspecified atom stereocenters. The zero-order valence-electron chi connectivity index (χ0n) is 11.1.